The van der Waals surface area contributed by atoms with Crippen molar-refractivity contribution < 1.29 is 10.3 Å². The first-order valence-electron chi connectivity index (χ1n) is 8.70. The highest BCUT2D eigenvalue weighted by Gasteiger charge is 2.32. The summed E-state index contributed by atoms with van der Waals surface area (Å²) in [6.07, 6.45) is 2.87. The van der Waals surface area contributed by atoms with Crippen LogP contribution in [0.3, 0.4) is 0 Å². The van der Waals surface area contributed by atoms with Crippen LogP contribution in [0.15, 0.2) is 72.8 Å². The Hall–Kier alpha value is -3.12. The van der Waals surface area contributed by atoms with Gasteiger partial charge in [-0.3, -0.25) is 5.21 Å². The van der Waals surface area contributed by atoms with E-state index in [0.717, 1.165) is 11.1 Å². The first kappa shape index (κ1) is 17.3. The first-order valence-corrected chi connectivity index (χ1v) is 8.70. The molecule has 0 aromatic heterocycles. The van der Waals surface area contributed by atoms with E-state index in [9.17, 15) is 15.5 Å². The average molecular weight is 359 g/mol. The lowest BCUT2D eigenvalue weighted by Gasteiger charge is -2.24. The van der Waals surface area contributed by atoms with Crippen LogP contribution >= 0.6 is 0 Å². The number of anilines is 2. The molecule has 1 heterocycles. The van der Waals surface area contributed by atoms with E-state index >= 15 is 0 Å². The van der Waals surface area contributed by atoms with Crippen LogP contribution in [0.2, 0.25) is 0 Å². The molecule has 0 saturated heterocycles. The lowest BCUT2D eigenvalue weighted by atomic mass is 9.98. The fourth-order valence-electron chi connectivity index (χ4n) is 3.39. The molecule has 0 amide bonds. The number of hydrogen-bond acceptors (Lipinski definition) is 5. The summed E-state index contributed by atoms with van der Waals surface area (Å²) in [6.45, 7) is 0. The van der Waals surface area contributed by atoms with Crippen molar-refractivity contribution in [1.29, 1.82) is 0 Å². The second-order valence-corrected chi connectivity index (χ2v) is 6.49. The molecule has 1 aliphatic heterocycles. The maximum atomic E-state index is 11.7. The summed E-state index contributed by atoms with van der Waals surface area (Å²) in [6, 6.07) is 22.3. The SMILES string of the molecule is [O-]N(O)c1cc2c(cc1C=Cc1ccccc1)[C@@H](O)[C@@H](c1ccccc1)N2. The van der Waals surface area contributed by atoms with Gasteiger partial charge in [0.1, 0.15) is 6.10 Å². The number of nitrogens with zero attached hydrogens (tertiary/aromatic N) is 1. The Labute approximate surface area is 157 Å². The summed E-state index contributed by atoms with van der Waals surface area (Å²) in [4.78, 5) is 0. The molecule has 5 nitrogen and oxygen atoms in total. The molecule has 0 bridgehead atoms. The van der Waals surface area contributed by atoms with Gasteiger partial charge in [0, 0.05) is 11.3 Å². The van der Waals surface area contributed by atoms with Crippen LogP contribution < -0.4 is 10.5 Å². The highest BCUT2D eigenvalue weighted by Crippen LogP contribution is 2.45. The molecule has 3 N–H and O–H groups in total. The summed E-state index contributed by atoms with van der Waals surface area (Å²) in [7, 11) is 0. The average Bonchev–Trinajstić information content (AvgIpc) is 3.03. The van der Waals surface area contributed by atoms with E-state index in [0.29, 0.717) is 16.8 Å². The Morgan fingerprint density at radius 3 is 2.26 bits per heavy atom. The fourth-order valence-corrected chi connectivity index (χ4v) is 3.39. The molecule has 0 aliphatic carbocycles. The van der Waals surface area contributed by atoms with Gasteiger partial charge in [0.25, 0.3) is 0 Å². The predicted molar refractivity (Wildman–Crippen MR) is 107 cm³/mol. The quantitative estimate of drug-likeness (QED) is 0.463. The van der Waals surface area contributed by atoms with Gasteiger partial charge in [-0.1, -0.05) is 72.8 Å². The molecule has 0 radical (unpaired) electrons. The molecule has 3 aromatic rings. The largest absolute Gasteiger partial charge is 0.733 e. The third-order valence-corrected chi connectivity index (χ3v) is 4.76. The Bertz CT molecular complexity index is 956. The van der Waals surface area contributed by atoms with Gasteiger partial charge in [-0.25, -0.2) is 0 Å². The summed E-state index contributed by atoms with van der Waals surface area (Å²) in [5, 5.41) is 35.1. The van der Waals surface area contributed by atoms with Crippen molar-refractivity contribution in [3.05, 3.63) is 100 Å². The highest BCUT2D eigenvalue weighted by molar-refractivity contribution is 5.81. The van der Waals surface area contributed by atoms with E-state index in [1.807, 2.05) is 66.7 Å². The van der Waals surface area contributed by atoms with Crippen LogP contribution in [0.25, 0.3) is 12.2 Å². The van der Waals surface area contributed by atoms with Crippen LogP contribution in [0.1, 0.15) is 34.4 Å². The van der Waals surface area contributed by atoms with E-state index in [-0.39, 0.29) is 17.0 Å². The van der Waals surface area contributed by atoms with Crippen molar-refractivity contribution in [1.82, 2.24) is 0 Å². The lowest BCUT2D eigenvalue weighted by molar-refractivity contribution is 0.164. The van der Waals surface area contributed by atoms with Crippen LogP contribution in [-0.2, 0) is 0 Å². The number of rotatable bonds is 4. The van der Waals surface area contributed by atoms with Crippen molar-refractivity contribution in [2.45, 2.75) is 12.1 Å². The number of aliphatic hydroxyl groups excluding tert-OH is 1. The standard InChI is InChI=1S/C22H19N2O3/c25-22-18-13-17(12-11-15-7-3-1-4-8-15)20(24(26)27)14-19(18)23-21(22)16-9-5-2-6-10-16/h1-14,21-23,25-26H/q-1/t21-,22-/m1/s1. The van der Waals surface area contributed by atoms with Gasteiger partial charge in [0.2, 0.25) is 0 Å². The van der Waals surface area contributed by atoms with Gasteiger partial charge in [-0.2, -0.15) is 0 Å². The van der Waals surface area contributed by atoms with Crippen LogP contribution in [-0.4, -0.2) is 10.3 Å². The van der Waals surface area contributed by atoms with Gasteiger partial charge in [0.05, 0.1) is 11.7 Å². The molecule has 3 aromatic carbocycles. The van der Waals surface area contributed by atoms with Crippen LogP contribution in [0.5, 0.6) is 0 Å². The summed E-state index contributed by atoms with van der Waals surface area (Å²) in [5.74, 6) is 0. The van der Waals surface area contributed by atoms with Gasteiger partial charge in [0.15, 0.2) is 0 Å². The molecule has 5 heteroatoms. The number of benzene rings is 3. The Morgan fingerprint density at radius 1 is 0.926 bits per heavy atom. The Morgan fingerprint density at radius 2 is 1.59 bits per heavy atom. The third kappa shape index (κ3) is 3.44. The van der Waals surface area contributed by atoms with Gasteiger partial charge in [-0.15, -0.1) is 0 Å². The lowest BCUT2D eigenvalue weighted by Crippen LogP contribution is -2.10. The molecular weight excluding hydrogens is 340 g/mol. The maximum absolute atomic E-state index is 11.7. The molecule has 4 rings (SSSR count). The molecule has 27 heavy (non-hydrogen) atoms. The molecule has 2 atom stereocenters. The smallest absolute Gasteiger partial charge is 0.105 e. The van der Waals surface area contributed by atoms with Crippen LogP contribution in [0.4, 0.5) is 11.4 Å². The normalized spacial score (nSPS) is 18.3. The van der Waals surface area contributed by atoms with E-state index in [4.69, 9.17) is 0 Å². The molecule has 136 valence electrons. The third-order valence-electron chi connectivity index (χ3n) is 4.76. The van der Waals surface area contributed by atoms with Crippen molar-refractivity contribution in [3.63, 3.8) is 0 Å². The Kier molecular flexibility index (Phi) is 4.64. The molecule has 1 aliphatic rings. The van der Waals surface area contributed by atoms with Crippen molar-refractivity contribution in [2.75, 3.05) is 10.5 Å². The fraction of sp³-hybridized carbons (Fsp3) is 0.0909. The second-order valence-electron chi connectivity index (χ2n) is 6.49. The van der Waals surface area contributed by atoms with Crippen molar-refractivity contribution in [2.24, 2.45) is 0 Å². The highest BCUT2D eigenvalue weighted by atomic mass is 16.8. The van der Waals surface area contributed by atoms with E-state index in [2.05, 4.69) is 5.32 Å². The molecule has 0 spiro atoms. The second kappa shape index (κ2) is 7.25. The van der Waals surface area contributed by atoms with Crippen molar-refractivity contribution >= 4 is 23.5 Å². The van der Waals surface area contributed by atoms with Gasteiger partial charge in [-0.05, 0) is 28.8 Å². The zero-order valence-electron chi connectivity index (χ0n) is 14.5. The minimum absolute atomic E-state index is 0.120. The van der Waals surface area contributed by atoms with Gasteiger partial charge < -0.3 is 20.9 Å². The topological polar surface area (TPSA) is 78.8 Å². The summed E-state index contributed by atoms with van der Waals surface area (Å²) < 4.78 is 0. The summed E-state index contributed by atoms with van der Waals surface area (Å²) >= 11 is 0. The number of nitrogens with one attached hydrogen (secondary N) is 1. The molecular formula is C22H19N2O3-. The van der Waals surface area contributed by atoms with Crippen molar-refractivity contribution in [3.8, 4) is 0 Å². The molecule has 0 fully saturated rings. The molecule has 0 unspecified atom stereocenters. The van der Waals surface area contributed by atoms with Crippen LogP contribution in [0, 0.1) is 5.21 Å². The van der Waals surface area contributed by atoms with E-state index in [1.54, 1.807) is 18.2 Å². The first-order chi connectivity index (χ1) is 13.1. The minimum atomic E-state index is -0.751. The minimum Gasteiger partial charge on any atom is -0.733 e. The Balaban J connectivity index is 1.71. The predicted octanol–water partition coefficient (Wildman–Crippen LogP) is 4.75. The molecule has 0 saturated carbocycles. The number of aliphatic hydroxyl groups is 1. The zero-order chi connectivity index (χ0) is 18.8. The number of fused-ring (bicyclic) bond motifs is 1. The van der Waals surface area contributed by atoms with Gasteiger partial charge >= 0.3 is 0 Å². The van der Waals surface area contributed by atoms with E-state index in [1.165, 1.54) is 0 Å². The zero-order valence-corrected chi connectivity index (χ0v) is 14.5. The maximum Gasteiger partial charge on any atom is 0.105 e. The number of hydrogen-bond donors (Lipinski definition) is 3. The van der Waals surface area contributed by atoms with E-state index < -0.39 is 6.10 Å². The monoisotopic (exact) mass is 359 g/mol. The summed E-state index contributed by atoms with van der Waals surface area (Å²) in [5.41, 5.74) is 3.91.